The second-order valence-electron chi connectivity index (χ2n) is 3.46. The number of ether oxygens (including phenoxy) is 1. The summed E-state index contributed by atoms with van der Waals surface area (Å²) in [6.07, 6.45) is 0. The molecule has 3 N–H and O–H groups in total. The number of hydrogen-bond donors (Lipinski definition) is 2. The van der Waals surface area contributed by atoms with Gasteiger partial charge in [0.05, 0.1) is 5.02 Å². The van der Waals surface area contributed by atoms with Gasteiger partial charge >= 0.3 is 0 Å². The first kappa shape index (κ1) is 14.5. The molecule has 100 valence electrons. The second-order valence-corrected chi connectivity index (χ2v) is 5.14. The molecule has 0 bridgehead atoms. The van der Waals surface area contributed by atoms with Gasteiger partial charge in [0.1, 0.15) is 10.8 Å². The van der Waals surface area contributed by atoms with Crippen LogP contribution in [0.1, 0.15) is 0 Å². The van der Waals surface area contributed by atoms with E-state index in [1.807, 2.05) is 0 Å². The summed E-state index contributed by atoms with van der Waals surface area (Å²) in [5.74, 6) is 6.05. The van der Waals surface area contributed by atoms with Crippen molar-refractivity contribution in [3.63, 3.8) is 0 Å². The van der Waals surface area contributed by atoms with Gasteiger partial charge in [0.15, 0.2) is 5.82 Å². The molecule has 1 heterocycles. The monoisotopic (exact) mass is 337 g/mol. The molecule has 2 aromatic rings. The molecule has 2 rings (SSSR count). The molecule has 19 heavy (non-hydrogen) atoms. The summed E-state index contributed by atoms with van der Waals surface area (Å²) in [6, 6.07) is 6.21. The second kappa shape index (κ2) is 6.03. The quantitative estimate of drug-likeness (QED) is 0.625. The minimum atomic E-state index is 0.136. The highest BCUT2D eigenvalue weighted by Gasteiger charge is 2.11. The van der Waals surface area contributed by atoms with E-state index in [0.717, 1.165) is 0 Å². The largest absolute Gasteiger partial charge is 0.437 e. The summed E-state index contributed by atoms with van der Waals surface area (Å²) in [6.45, 7) is 0. The lowest BCUT2D eigenvalue weighted by Crippen LogP contribution is -2.09. The highest BCUT2D eigenvalue weighted by molar-refractivity contribution is 6.36. The average Bonchev–Trinajstić information content (AvgIpc) is 2.31. The third-order valence-electron chi connectivity index (χ3n) is 2.08. The molecule has 0 fully saturated rings. The van der Waals surface area contributed by atoms with Crippen LogP contribution in [-0.2, 0) is 0 Å². The van der Waals surface area contributed by atoms with Crippen molar-refractivity contribution in [2.24, 2.45) is 5.84 Å². The van der Waals surface area contributed by atoms with E-state index in [1.165, 1.54) is 6.07 Å². The number of nitrogens with zero attached hydrogens (tertiary/aromatic N) is 1. The fourth-order valence-electron chi connectivity index (χ4n) is 1.32. The molecule has 0 radical (unpaired) electrons. The number of benzene rings is 1. The molecule has 0 saturated carbocycles. The van der Waals surface area contributed by atoms with Crippen LogP contribution in [0.3, 0.4) is 0 Å². The van der Waals surface area contributed by atoms with E-state index in [0.29, 0.717) is 15.8 Å². The van der Waals surface area contributed by atoms with Crippen molar-refractivity contribution in [2.45, 2.75) is 0 Å². The van der Waals surface area contributed by atoms with Gasteiger partial charge in [-0.2, -0.15) is 4.98 Å². The van der Waals surface area contributed by atoms with Gasteiger partial charge in [0, 0.05) is 10.0 Å². The number of pyridine rings is 1. The molecule has 1 aromatic carbocycles. The van der Waals surface area contributed by atoms with E-state index in [-0.39, 0.29) is 21.7 Å². The number of hydrazine groups is 1. The lowest BCUT2D eigenvalue weighted by molar-refractivity contribution is 0.464. The fourth-order valence-corrected chi connectivity index (χ4v) is 2.28. The van der Waals surface area contributed by atoms with E-state index in [4.69, 9.17) is 57.0 Å². The zero-order chi connectivity index (χ0) is 14.0. The Morgan fingerprint density at radius 1 is 0.947 bits per heavy atom. The SMILES string of the molecule is NNc1nc(Oc2cc(Cl)cc(Cl)c2)c(Cl)cc1Cl. The van der Waals surface area contributed by atoms with Gasteiger partial charge in [0.2, 0.25) is 5.88 Å². The fraction of sp³-hybridized carbons (Fsp3) is 0. The summed E-state index contributed by atoms with van der Waals surface area (Å²) < 4.78 is 5.50. The third kappa shape index (κ3) is 3.55. The first-order valence-corrected chi connectivity index (χ1v) is 6.47. The van der Waals surface area contributed by atoms with E-state index in [9.17, 15) is 0 Å². The van der Waals surface area contributed by atoms with Gasteiger partial charge in [-0.05, 0) is 24.3 Å². The highest BCUT2D eigenvalue weighted by Crippen LogP contribution is 2.34. The smallest absolute Gasteiger partial charge is 0.240 e. The standard InChI is InChI=1S/C11H7Cl4N3O/c12-5-1-6(13)3-7(2-5)19-11-9(15)4-8(14)10(17-11)18-16/h1-4H,16H2,(H,17,18). The van der Waals surface area contributed by atoms with Crippen molar-refractivity contribution >= 4 is 52.2 Å². The Morgan fingerprint density at radius 3 is 2.16 bits per heavy atom. The lowest BCUT2D eigenvalue weighted by atomic mass is 10.3. The molecule has 4 nitrogen and oxygen atoms in total. The first-order chi connectivity index (χ1) is 8.99. The minimum absolute atomic E-state index is 0.136. The maximum absolute atomic E-state index is 5.98. The van der Waals surface area contributed by atoms with Crippen LogP contribution in [0.5, 0.6) is 11.6 Å². The number of halogens is 4. The molecule has 0 atom stereocenters. The van der Waals surface area contributed by atoms with Crippen molar-refractivity contribution in [1.29, 1.82) is 0 Å². The molecule has 0 aliphatic rings. The van der Waals surface area contributed by atoms with Crippen LogP contribution < -0.4 is 16.0 Å². The molecule has 0 aliphatic heterocycles. The maximum atomic E-state index is 5.98. The third-order valence-corrected chi connectivity index (χ3v) is 3.08. The van der Waals surface area contributed by atoms with Crippen LogP contribution >= 0.6 is 46.4 Å². The highest BCUT2D eigenvalue weighted by atomic mass is 35.5. The molecule has 0 aliphatic carbocycles. The van der Waals surface area contributed by atoms with Crippen molar-refractivity contribution < 1.29 is 4.74 Å². The number of nitrogens with two attached hydrogens (primary N) is 1. The van der Waals surface area contributed by atoms with Gasteiger partial charge in [0.25, 0.3) is 0 Å². The van der Waals surface area contributed by atoms with Gasteiger partial charge < -0.3 is 10.2 Å². The molecule has 0 unspecified atom stereocenters. The van der Waals surface area contributed by atoms with Crippen molar-refractivity contribution in [3.8, 4) is 11.6 Å². The number of aromatic nitrogens is 1. The van der Waals surface area contributed by atoms with E-state index >= 15 is 0 Å². The van der Waals surface area contributed by atoms with Crippen molar-refractivity contribution in [2.75, 3.05) is 5.43 Å². The molecule has 0 saturated heterocycles. The van der Waals surface area contributed by atoms with Crippen LogP contribution in [0.25, 0.3) is 0 Å². The average molecular weight is 339 g/mol. The Balaban J connectivity index is 2.37. The van der Waals surface area contributed by atoms with E-state index in [2.05, 4.69) is 10.4 Å². The zero-order valence-corrected chi connectivity index (χ0v) is 12.3. The maximum Gasteiger partial charge on any atom is 0.240 e. The van der Waals surface area contributed by atoms with Crippen LogP contribution in [0.2, 0.25) is 20.1 Å². The summed E-state index contributed by atoms with van der Waals surface area (Å²) in [4.78, 5) is 4.04. The zero-order valence-electron chi connectivity index (χ0n) is 9.25. The molecule has 0 spiro atoms. The predicted molar refractivity (Wildman–Crippen MR) is 78.6 cm³/mol. The molecule has 0 amide bonds. The lowest BCUT2D eigenvalue weighted by Gasteiger charge is -2.10. The van der Waals surface area contributed by atoms with Crippen LogP contribution in [0, 0.1) is 0 Å². The van der Waals surface area contributed by atoms with Crippen LogP contribution in [0.15, 0.2) is 24.3 Å². The van der Waals surface area contributed by atoms with Gasteiger partial charge in [-0.25, -0.2) is 5.84 Å². The first-order valence-electron chi connectivity index (χ1n) is 4.96. The predicted octanol–water partition coefficient (Wildman–Crippen LogP) is 4.77. The minimum Gasteiger partial charge on any atom is -0.437 e. The summed E-state index contributed by atoms with van der Waals surface area (Å²) in [5, 5.41) is 1.39. The van der Waals surface area contributed by atoms with Gasteiger partial charge in [-0.15, -0.1) is 0 Å². The topological polar surface area (TPSA) is 60.2 Å². The number of rotatable bonds is 3. The Labute approximate surface area is 129 Å². The Bertz CT molecular complexity index is 601. The Morgan fingerprint density at radius 2 is 1.58 bits per heavy atom. The van der Waals surface area contributed by atoms with Crippen LogP contribution in [0.4, 0.5) is 5.82 Å². The summed E-state index contributed by atoms with van der Waals surface area (Å²) in [7, 11) is 0. The van der Waals surface area contributed by atoms with E-state index < -0.39 is 0 Å². The molecular formula is C11H7Cl4N3O. The normalized spacial score (nSPS) is 10.4. The number of hydrogen-bond acceptors (Lipinski definition) is 4. The Hall–Kier alpha value is -0.910. The van der Waals surface area contributed by atoms with Gasteiger partial charge in [-0.3, -0.25) is 0 Å². The van der Waals surface area contributed by atoms with E-state index in [1.54, 1.807) is 18.2 Å². The number of anilines is 1. The molecule has 1 aromatic heterocycles. The number of nitrogen functional groups attached to an aromatic ring is 1. The number of nitrogens with one attached hydrogen (secondary N) is 1. The van der Waals surface area contributed by atoms with Gasteiger partial charge in [-0.1, -0.05) is 46.4 Å². The Kier molecular flexibility index (Phi) is 4.60. The summed E-state index contributed by atoms with van der Waals surface area (Å²) in [5.41, 5.74) is 2.34. The summed E-state index contributed by atoms with van der Waals surface area (Å²) >= 11 is 23.6. The molecule has 8 heteroatoms. The van der Waals surface area contributed by atoms with Crippen molar-refractivity contribution in [1.82, 2.24) is 4.98 Å². The molecular weight excluding hydrogens is 332 g/mol. The van der Waals surface area contributed by atoms with Crippen molar-refractivity contribution in [3.05, 3.63) is 44.4 Å². The van der Waals surface area contributed by atoms with Crippen LogP contribution in [-0.4, -0.2) is 4.98 Å².